The van der Waals surface area contributed by atoms with Crippen molar-refractivity contribution >= 4 is 10.0 Å². The van der Waals surface area contributed by atoms with Gasteiger partial charge in [0.1, 0.15) is 5.75 Å². The van der Waals surface area contributed by atoms with Crippen LogP contribution in [0.15, 0.2) is 24.3 Å². The number of rotatable bonds is 7. The second-order valence-electron chi connectivity index (χ2n) is 4.20. The van der Waals surface area contributed by atoms with Crippen LogP contribution in [0.2, 0.25) is 0 Å². The van der Waals surface area contributed by atoms with Crippen LogP contribution in [0.4, 0.5) is 0 Å². The van der Waals surface area contributed by atoms with Gasteiger partial charge >= 0.3 is 0 Å². The molecule has 0 fully saturated rings. The van der Waals surface area contributed by atoms with Gasteiger partial charge in [-0.1, -0.05) is 25.1 Å². The predicted molar refractivity (Wildman–Crippen MR) is 73.4 cm³/mol. The zero-order chi connectivity index (χ0) is 13.6. The Morgan fingerprint density at radius 2 is 1.94 bits per heavy atom. The minimum absolute atomic E-state index is 0.204. The first-order chi connectivity index (χ1) is 8.51. The van der Waals surface area contributed by atoms with Gasteiger partial charge in [-0.15, -0.1) is 0 Å². The smallest absolute Gasteiger partial charge is 0.213 e. The SMILES string of the molecule is CCCS(=O)(=O)N(C)CCc1ccccc1OC. The van der Waals surface area contributed by atoms with Gasteiger partial charge in [-0.3, -0.25) is 0 Å². The van der Waals surface area contributed by atoms with Crippen molar-refractivity contribution in [3.8, 4) is 5.75 Å². The van der Waals surface area contributed by atoms with Crippen LogP contribution < -0.4 is 4.74 Å². The molecule has 0 saturated heterocycles. The molecule has 1 aromatic rings. The number of ether oxygens (including phenoxy) is 1. The molecule has 102 valence electrons. The van der Waals surface area contributed by atoms with Crippen LogP contribution in [0.1, 0.15) is 18.9 Å². The lowest BCUT2D eigenvalue weighted by molar-refractivity contribution is 0.406. The molecule has 0 bridgehead atoms. The summed E-state index contributed by atoms with van der Waals surface area (Å²) in [6.45, 7) is 2.34. The predicted octanol–water partition coefficient (Wildman–Crippen LogP) is 1.91. The lowest BCUT2D eigenvalue weighted by atomic mass is 10.1. The fourth-order valence-corrected chi connectivity index (χ4v) is 2.94. The summed E-state index contributed by atoms with van der Waals surface area (Å²) in [7, 11) is 0.139. The number of likely N-dealkylation sites (N-methyl/N-ethyl adjacent to an activating group) is 1. The van der Waals surface area contributed by atoms with Gasteiger partial charge in [0.15, 0.2) is 0 Å². The van der Waals surface area contributed by atoms with Gasteiger partial charge in [-0.25, -0.2) is 12.7 Å². The number of sulfonamides is 1. The quantitative estimate of drug-likeness (QED) is 0.761. The van der Waals surface area contributed by atoms with Crippen LogP contribution >= 0.6 is 0 Å². The molecule has 0 aromatic heterocycles. The Kier molecular flexibility index (Phi) is 5.62. The first-order valence-corrected chi connectivity index (χ1v) is 7.68. The molecule has 0 aliphatic carbocycles. The number of benzene rings is 1. The summed E-state index contributed by atoms with van der Waals surface area (Å²) in [5.74, 6) is 1.01. The van der Waals surface area contributed by atoms with Crippen LogP contribution in [0.3, 0.4) is 0 Å². The molecule has 0 unspecified atom stereocenters. The second kappa shape index (κ2) is 6.75. The van der Waals surface area contributed by atoms with Crippen molar-refractivity contribution in [2.45, 2.75) is 19.8 Å². The minimum Gasteiger partial charge on any atom is -0.496 e. The standard InChI is InChI=1S/C13H21NO3S/c1-4-11-18(15,16)14(2)10-9-12-7-5-6-8-13(12)17-3/h5-8H,4,9-11H2,1-3H3. The van der Waals surface area contributed by atoms with Crippen molar-refractivity contribution < 1.29 is 13.2 Å². The Morgan fingerprint density at radius 3 is 2.56 bits per heavy atom. The average Bonchev–Trinajstić information content (AvgIpc) is 2.36. The van der Waals surface area contributed by atoms with Gasteiger partial charge in [0, 0.05) is 13.6 Å². The Hall–Kier alpha value is -1.07. The van der Waals surface area contributed by atoms with Gasteiger partial charge in [0.2, 0.25) is 10.0 Å². The van der Waals surface area contributed by atoms with Crippen molar-refractivity contribution in [1.29, 1.82) is 0 Å². The normalized spacial score (nSPS) is 11.8. The fourth-order valence-electron chi connectivity index (χ4n) is 1.74. The molecule has 0 saturated carbocycles. The largest absolute Gasteiger partial charge is 0.496 e. The first kappa shape index (κ1) is 15.0. The summed E-state index contributed by atoms with van der Waals surface area (Å²) >= 11 is 0. The third-order valence-electron chi connectivity index (χ3n) is 2.83. The summed E-state index contributed by atoms with van der Waals surface area (Å²) in [4.78, 5) is 0. The molecule has 0 atom stereocenters. The molecule has 0 amide bonds. The van der Waals surface area contributed by atoms with E-state index in [4.69, 9.17) is 4.74 Å². The van der Waals surface area contributed by atoms with E-state index in [1.807, 2.05) is 31.2 Å². The Labute approximate surface area is 110 Å². The maximum Gasteiger partial charge on any atom is 0.213 e. The zero-order valence-corrected chi connectivity index (χ0v) is 12.0. The Bertz CT molecular complexity index is 471. The average molecular weight is 271 g/mol. The van der Waals surface area contributed by atoms with Gasteiger partial charge in [-0.05, 0) is 24.5 Å². The monoisotopic (exact) mass is 271 g/mol. The van der Waals surface area contributed by atoms with Gasteiger partial charge in [0.05, 0.1) is 12.9 Å². The molecular weight excluding hydrogens is 250 g/mol. The number of methoxy groups -OCH3 is 1. The van der Waals surface area contributed by atoms with Gasteiger partial charge in [0.25, 0.3) is 0 Å². The van der Waals surface area contributed by atoms with E-state index in [0.29, 0.717) is 19.4 Å². The maximum atomic E-state index is 11.8. The lowest BCUT2D eigenvalue weighted by Crippen LogP contribution is -2.31. The van der Waals surface area contributed by atoms with Crippen molar-refractivity contribution in [2.24, 2.45) is 0 Å². The Balaban J connectivity index is 2.65. The summed E-state index contributed by atoms with van der Waals surface area (Å²) in [6.07, 6.45) is 1.30. The molecule has 4 nitrogen and oxygen atoms in total. The van der Waals surface area contributed by atoms with E-state index in [1.54, 1.807) is 14.2 Å². The minimum atomic E-state index is -3.11. The van der Waals surface area contributed by atoms with Crippen molar-refractivity contribution in [2.75, 3.05) is 26.5 Å². The number of hydrogen-bond acceptors (Lipinski definition) is 3. The van der Waals surface area contributed by atoms with E-state index in [-0.39, 0.29) is 5.75 Å². The van der Waals surface area contributed by atoms with Crippen molar-refractivity contribution in [1.82, 2.24) is 4.31 Å². The van der Waals surface area contributed by atoms with E-state index < -0.39 is 10.0 Å². The van der Waals surface area contributed by atoms with E-state index in [9.17, 15) is 8.42 Å². The number of hydrogen-bond donors (Lipinski definition) is 0. The first-order valence-electron chi connectivity index (χ1n) is 6.07. The molecule has 0 spiro atoms. The third-order valence-corrected chi connectivity index (χ3v) is 4.88. The van der Waals surface area contributed by atoms with E-state index in [2.05, 4.69) is 0 Å². The molecule has 0 N–H and O–H groups in total. The van der Waals surface area contributed by atoms with Crippen LogP contribution in [0.25, 0.3) is 0 Å². The summed E-state index contributed by atoms with van der Waals surface area (Å²) < 4.78 is 30.3. The molecule has 0 heterocycles. The molecule has 0 aliphatic rings. The van der Waals surface area contributed by atoms with E-state index in [0.717, 1.165) is 11.3 Å². The zero-order valence-electron chi connectivity index (χ0n) is 11.2. The molecule has 18 heavy (non-hydrogen) atoms. The van der Waals surface area contributed by atoms with Crippen LogP contribution in [0.5, 0.6) is 5.75 Å². The highest BCUT2D eigenvalue weighted by Gasteiger charge is 2.16. The molecule has 5 heteroatoms. The molecule has 1 rings (SSSR count). The summed E-state index contributed by atoms with van der Waals surface area (Å²) in [6, 6.07) is 7.67. The second-order valence-corrected chi connectivity index (χ2v) is 6.39. The lowest BCUT2D eigenvalue weighted by Gasteiger charge is -2.17. The van der Waals surface area contributed by atoms with Crippen LogP contribution in [0, 0.1) is 0 Å². The summed E-state index contributed by atoms with van der Waals surface area (Å²) in [5.41, 5.74) is 1.03. The highest BCUT2D eigenvalue weighted by Crippen LogP contribution is 2.18. The highest BCUT2D eigenvalue weighted by atomic mass is 32.2. The highest BCUT2D eigenvalue weighted by molar-refractivity contribution is 7.89. The van der Waals surface area contributed by atoms with Crippen molar-refractivity contribution in [3.63, 3.8) is 0 Å². The third kappa shape index (κ3) is 3.99. The number of para-hydroxylation sites is 1. The topological polar surface area (TPSA) is 46.6 Å². The maximum absolute atomic E-state index is 11.8. The van der Waals surface area contributed by atoms with Crippen LogP contribution in [-0.2, 0) is 16.4 Å². The fraction of sp³-hybridized carbons (Fsp3) is 0.538. The summed E-state index contributed by atoms with van der Waals surface area (Å²) in [5, 5.41) is 0. The van der Waals surface area contributed by atoms with Crippen LogP contribution in [-0.4, -0.2) is 39.2 Å². The molecule has 0 radical (unpaired) electrons. The van der Waals surface area contributed by atoms with Gasteiger partial charge in [-0.2, -0.15) is 0 Å². The number of nitrogens with zero attached hydrogens (tertiary/aromatic N) is 1. The van der Waals surface area contributed by atoms with E-state index >= 15 is 0 Å². The van der Waals surface area contributed by atoms with E-state index in [1.165, 1.54) is 4.31 Å². The molecule has 1 aromatic carbocycles. The molecule has 0 aliphatic heterocycles. The Morgan fingerprint density at radius 1 is 1.28 bits per heavy atom. The van der Waals surface area contributed by atoms with Crippen molar-refractivity contribution in [3.05, 3.63) is 29.8 Å². The molecular formula is C13H21NO3S. The van der Waals surface area contributed by atoms with Gasteiger partial charge < -0.3 is 4.74 Å².